The van der Waals surface area contributed by atoms with Gasteiger partial charge in [-0.25, -0.2) is 4.79 Å². The number of nitrogens with zero attached hydrogens (tertiary/aromatic N) is 1. The largest absolute Gasteiger partial charge is 0.492 e. The summed E-state index contributed by atoms with van der Waals surface area (Å²) in [6, 6.07) is 10.9. The summed E-state index contributed by atoms with van der Waals surface area (Å²) in [5.74, 6) is 2.60. The Labute approximate surface area is 243 Å². The van der Waals surface area contributed by atoms with Crippen LogP contribution in [0.3, 0.4) is 0 Å². The first-order chi connectivity index (χ1) is 19.9. The summed E-state index contributed by atoms with van der Waals surface area (Å²) in [6.45, 7) is 4.84. The van der Waals surface area contributed by atoms with Gasteiger partial charge in [0.25, 0.3) is 0 Å². The SMILES string of the molecule is COC1=C(CO)C(=O)OC1=C1OC2=CCCN3C(C(O)C4C=CCC(C)C4)CC(Cc4ccccc4)CC3C2C1C. The molecular formula is C34H43NO6. The Hall–Kier alpha value is -2.87. The Morgan fingerprint density at radius 2 is 1.93 bits per heavy atom. The van der Waals surface area contributed by atoms with E-state index >= 15 is 0 Å². The second kappa shape index (κ2) is 11.8. The molecule has 2 saturated heterocycles. The Kier molecular flexibility index (Phi) is 8.12. The van der Waals surface area contributed by atoms with Crippen molar-refractivity contribution in [3.8, 4) is 0 Å². The number of fused-ring (bicyclic) bond motifs is 3. The van der Waals surface area contributed by atoms with Crippen molar-refractivity contribution in [2.45, 2.75) is 70.6 Å². The van der Waals surface area contributed by atoms with Crippen LogP contribution < -0.4 is 0 Å². The first-order valence-electron chi connectivity index (χ1n) is 15.3. The van der Waals surface area contributed by atoms with Gasteiger partial charge in [0.2, 0.25) is 5.76 Å². The highest BCUT2D eigenvalue weighted by Crippen LogP contribution is 2.51. The maximum Gasteiger partial charge on any atom is 0.345 e. The first-order valence-corrected chi connectivity index (χ1v) is 15.3. The van der Waals surface area contributed by atoms with Crippen molar-refractivity contribution >= 4 is 5.97 Å². The van der Waals surface area contributed by atoms with Gasteiger partial charge in [-0.1, -0.05) is 56.3 Å². The highest BCUT2D eigenvalue weighted by molar-refractivity contribution is 5.94. The van der Waals surface area contributed by atoms with Gasteiger partial charge in [0.05, 0.1) is 19.8 Å². The zero-order valence-corrected chi connectivity index (χ0v) is 24.4. The fourth-order valence-electron chi connectivity index (χ4n) is 8.05. The second-order valence-electron chi connectivity index (χ2n) is 12.6. The van der Waals surface area contributed by atoms with Crippen molar-refractivity contribution in [2.24, 2.45) is 29.6 Å². The monoisotopic (exact) mass is 561 g/mol. The van der Waals surface area contributed by atoms with Crippen LogP contribution in [0, 0.1) is 29.6 Å². The van der Waals surface area contributed by atoms with Crippen LogP contribution in [0.25, 0.3) is 0 Å². The zero-order chi connectivity index (χ0) is 28.7. The summed E-state index contributed by atoms with van der Waals surface area (Å²) in [6.07, 6.45) is 12.1. The fourth-order valence-corrected chi connectivity index (χ4v) is 8.05. The standard InChI is InChI=1S/C34H43NO6/c1-20-9-7-12-24(15-20)30(37)27-18-23(16-22-10-5-4-6-11-22)17-26-29-21(2)31(40-28(29)13-8-14-35(26)27)33-32(39-3)25(19-36)34(38)41-33/h4-7,10-13,20-21,23-24,26-27,29-30,36-37H,8-9,14-19H2,1-3H3. The Morgan fingerprint density at radius 3 is 2.66 bits per heavy atom. The minimum absolute atomic E-state index is 0.0544. The van der Waals surface area contributed by atoms with Crippen LogP contribution >= 0.6 is 0 Å². The van der Waals surface area contributed by atoms with Crippen LogP contribution in [0.4, 0.5) is 0 Å². The highest BCUT2D eigenvalue weighted by atomic mass is 16.6. The predicted octanol–water partition coefficient (Wildman–Crippen LogP) is 4.87. The molecule has 1 aliphatic carbocycles. The molecule has 8 atom stereocenters. The Bertz CT molecular complexity index is 1270. The predicted molar refractivity (Wildman–Crippen MR) is 155 cm³/mol. The number of hydrogen-bond acceptors (Lipinski definition) is 7. The molecule has 0 saturated carbocycles. The third kappa shape index (κ3) is 5.28. The summed E-state index contributed by atoms with van der Waals surface area (Å²) in [7, 11) is 1.48. The van der Waals surface area contributed by atoms with Crippen molar-refractivity contribution in [3.05, 3.63) is 82.7 Å². The molecule has 8 unspecified atom stereocenters. The van der Waals surface area contributed by atoms with E-state index in [1.807, 2.05) is 0 Å². The lowest BCUT2D eigenvalue weighted by Gasteiger charge is -2.50. The number of cyclic esters (lactones) is 1. The van der Waals surface area contributed by atoms with Crippen molar-refractivity contribution in [1.29, 1.82) is 0 Å². The number of rotatable bonds is 6. The summed E-state index contributed by atoms with van der Waals surface area (Å²) in [4.78, 5) is 15.1. The molecule has 5 aliphatic rings. The average molecular weight is 562 g/mol. The van der Waals surface area contributed by atoms with Crippen molar-refractivity contribution < 1.29 is 29.2 Å². The number of aliphatic hydroxyl groups is 2. The van der Waals surface area contributed by atoms with E-state index in [-0.39, 0.29) is 46.9 Å². The molecule has 6 rings (SSSR count). The smallest absolute Gasteiger partial charge is 0.345 e. The lowest BCUT2D eigenvalue weighted by Crippen LogP contribution is -2.58. The number of hydrogen-bond donors (Lipinski definition) is 2. The molecule has 0 radical (unpaired) electrons. The number of carbonyl (C=O) groups is 1. The summed E-state index contributed by atoms with van der Waals surface area (Å²) in [5, 5.41) is 21.7. The number of ether oxygens (including phenoxy) is 3. The molecule has 4 heterocycles. The molecule has 220 valence electrons. The summed E-state index contributed by atoms with van der Waals surface area (Å²) < 4.78 is 17.6. The number of methoxy groups -OCH3 is 1. The van der Waals surface area contributed by atoms with Gasteiger partial charge in [0, 0.05) is 36.4 Å². The third-order valence-electron chi connectivity index (χ3n) is 9.96. The molecule has 4 aliphatic heterocycles. The van der Waals surface area contributed by atoms with Crippen molar-refractivity contribution in [2.75, 3.05) is 20.3 Å². The van der Waals surface area contributed by atoms with E-state index in [0.29, 0.717) is 17.6 Å². The van der Waals surface area contributed by atoms with Gasteiger partial charge in [0.15, 0.2) is 11.5 Å². The van der Waals surface area contributed by atoms with E-state index < -0.39 is 18.7 Å². The van der Waals surface area contributed by atoms with E-state index in [0.717, 1.165) is 50.8 Å². The van der Waals surface area contributed by atoms with Crippen LogP contribution in [0.15, 0.2) is 77.2 Å². The molecule has 41 heavy (non-hydrogen) atoms. The van der Waals surface area contributed by atoms with Gasteiger partial charge in [-0.3, -0.25) is 4.90 Å². The molecule has 1 aromatic carbocycles. The van der Waals surface area contributed by atoms with Gasteiger partial charge in [-0.05, 0) is 62.0 Å². The van der Waals surface area contributed by atoms with Crippen LogP contribution in [0.2, 0.25) is 0 Å². The van der Waals surface area contributed by atoms with Crippen LogP contribution in [0.5, 0.6) is 0 Å². The van der Waals surface area contributed by atoms with Crippen molar-refractivity contribution in [3.63, 3.8) is 0 Å². The molecule has 7 heteroatoms. The third-order valence-corrected chi connectivity index (χ3v) is 9.96. The normalized spacial score (nSPS) is 36.2. The molecule has 2 fully saturated rings. The van der Waals surface area contributed by atoms with E-state index in [1.54, 1.807) is 0 Å². The lowest BCUT2D eigenvalue weighted by molar-refractivity contribution is -0.133. The van der Waals surface area contributed by atoms with Gasteiger partial charge in [0.1, 0.15) is 11.3 Å². The topological polar surface area (TPSA) is 88.5 Å². The number of carbonyl (C=O) groups excluding carboxylic acids is 1. The highest BCUT2D eigenvalue weighted by Gasteiger charge is 2.52. The summed E-state index contributed by atoms with van der Waals surface area (Å²) in [5.41, 5.74) is 1.45. The fraction of sp³-hybridized carbons (Fsp3) is 0.559. The van der Waals surface area contributed by atoms with E-state index in [4.69, 9.17) is 14.2 Å². The average Bonchev–Trinajstić information content (AvgIpc) is 3.40. The van der Waals surface area contributed by atoms with E-state index in [2.05, 4.69) is 67.3 Å². The number of allylic oxidation sites excluding steroid dienone is 2. The van der Waals surface area contributed by atoms with Gasteiger partial charge < -0.3 is 24.4 Å². The number of aliphatic hydroxyl groups excluding tert-OH is 2. The maximum atomic E-state index is 12.5. The Morgan fingerprint density at radius 1 is 1.12 bits per heavy atom. The van der Waals surface area contributed by atoms with Gasteiger partial charge >= 0.3 is 5.97 Å². The number of benzene rings is 1. The lowest BCUT2D eigenvalue weighted by atomic mass is 9.72. The second-order valence-corrected chi connectivity index (χ2v) is 12.6. The van der Waals surface area contributed by atoms with E-state index in [9.17, 15) is 15.0 Å². The van der Waals surface area contributed by atoms with Gasteiger partial charge in [-0.15, -0.1) is 0 Å². The quantitative estimate of drug-likeness (QED) is 0.378. The zero-order valence-electron chi connectivity index (χ0n) is 24.4. The van der Waals surface area contributed by atoms with Crippen molar-refractivity contribution in [1.82, 2.24) is 4.90 Å². The molecule has 0 bridgehead atoms. The molecule has 1 aromatic rings. The van der Waals surface area contributed by atoms with Crippen LogP contribution in [-0.2, 0) is 25.4 Å². The Balaban J connectivity index is 1.35. The minimum Gasteiger partial charge on any atom is -0.492 e. The van der Waals surface area contributed by atoms with Crippen LogP contribution in [0.1, 0.15) is 51.5 Å². The molecule has 0 spiro atoms. The molecule has 7 nitrogen and oxygen atoms in total. The number of esters is 1. The molecule has 0 aromatic heterocycles. The molecule has 2 N–H and O–H groups in total. The minimum atomic E-state index is -0.594. The maximum absolute atomic E-state index is 12.5. The molecule has 0 amide bonds. The summed E-state index contributed by atoms with van der Waals surface area (Å²) >= 11 is 0. The van der Waals surface area contributed by atoms with Crippen LogP contribution in [-0.4, -0.2) is 59.5 Å². The first kappa shape index (κ1) is 28.3. The van der Waals surface area contributed by atoms with E-state index in [1.165, 1.54) is 12.7 Å². The molecular weight excluding hydrogens is 518 g/mol. The number of piperidine rings is 1. The van der Waals surface area contributed by atoms with Gasteiger partial charge in [-0.2, -0.15) is 0 Å².